The second kappa shape index (κ2) is 9.16. The minimum atomic E-state index is -0.499. The number of anilines is 1. The lowest BCUT2D eigenvalue weighted by Crippen LogP contribution is -2.29. The third-order valence-electron chi connectivity index (χ3n) is 5.94. The summed E-state index contributed by atoms with van der Waals surface area (Å²) in [5.41, 5.74) is 4.57. The van der Waals surface area contributed by atoms with Gasteiger partial charge in [0, 0.05) is 54.9 Å². The number of fused-ring (bicyclic) bond motifs is 1. The van der Waals surface area contributed by atoms with Crippen LogP contribution in [0.2, 0.25) is 0 Å². The molecule has 0 aliphatic carbocycles. The van der Waals surface area contributed by atoms with Crippen molar-refractivity contribution in [1.82, 2.24) is 10.3 Å². The van der Waals surface area contributed by atoms with Crippen molar-refractivity contribution in [2.75, 3.05) is 25.5 Å². The maximum atomic E-state index is 13.0. The third-order valence-corrected chi connectivity index (χ3v) is 5.94. The van der Waals surface area contributed by atoms with Crippen LogP contribution in [0.25, 0.3) is 10.9 Å². The number of nitro groups is 1. The Labute approximate surface area is 192 Å². The lowest BCUT2D eigenvalue weighted by atomic mass is 9.90. The summed E-state index contributed by atoms with van der Waals surface area (Å²) in [4.78, 5) is 29.4. The van der Waals surface area contributed by atoms with Gasteiger partial charge in [0.2, 0.25) is 0 Å². The Kier molecular flexibility index (Phi) is 6.13. The number of carbonyl (C=O) groups excluding carboxylic acids is 1. The molecule has 1 atom stereocenters. The fraction of sp³-hybridized carbons (Fsp3) is 0.192. The van der Waals surface area contributed by atoms with Crippen LogP contribution in [0, 0.1) is 17.0 Å². The number of nitrogens with zero attached hydrogens (tertiary/aromatic N) is 2. The Balaban J connectivity index is 1.68. The Morgan fingerprint density at radius 3 is 2.48 bits per heavy atom. The van der Waals surface area contributed by atoms with Crippen LogP contribution >= 0.6 is 0 Å². The predicted molar refractivity (Wildman–Crippen MR) is 131 cm³/mol. The lowest BCUT2D eigenvalue weighted by molar-refractivity contribution is -0.385. The molecule has 3 aromatic carbocycles. The van der Waals surface area contributed by atoms with Crippen LogP contribution < -0.4 is 10.2 Å². The summed E-state index contributed by atoms with van der Waals surface area (Å²) in [7, 11) is 3.97. The second-order valence-electron chi connectivity index (χ2n) is 8.27. The van der Waals surface area contributed by atoms with Crippen molar-refractivity contribution < 1.29 is 9.72 Å². The van der Waals surface area contributed by atoms with Gasteiger partial charge in [-0.15, -0.1) is 0 Å². The van der Waals surface area contributed by atoms with Crippen LogP contribution in [-0.4, -0.2) is 36.5 Å². The molecule has 4 aromatic rings. The van der Waals surface area contributed by atoms with Crippen molar-refractivity contribution >= 4 is 28.2 Å². The second-order valence-corrected chi connectivity index (χ2v) is 8.27. The van der Waals surface area contributed by atoms with Crippen molar-refractivity contribution in [3.63, 3.8) is 0 Å². The van der Waals surface area contributed by atoms with E-state index >= 15 is 0 Å². The summed E-state index contributed by atoms with van der Waals surface area (Å²) < 4.78 is 0. The first-order valence-electron chi connectivity index (χ1n) is 10.7. The molecule has 7 heteroatoms. The Morgan fingerprint density at radius 1 is 1.06 bits per heavy atom. The molecule has 1 amide bonds. The van der Waals surface area contributed by atoms with E-state index in [1.165, 1.54) is 6.07 Å². The average Bonchev–Trinajstić information content (AvgIpc) is 3.23. The van der Waals surface area contributed by atoms with E-state index in [0.29, 0.717) is 12.1 Å². The number of carbonyl (C=O) groups is 1. The summed E-state index contributed by atoms with van der Waals surface area (Å²) in [6.45, 7) is 1.93. The first-order chi connectivity index (χ1) is 15.9. The van der Waals surface area contributed by atoms with Crippen molar-refractivity contribution in [3.8, 4) is 0 Å². The largest absolute Gasteiger partial charge is 0.378 e. The molecule has 2 N–H and O–H groups in total. The molecule has 1 unspecified atom stereocenters. The number of rotatable bonds is 7. The minimum absolute atomic E-state index is 0.0700. The topological polar surface area (TPSA) is 91.3 Å². The van der Waals surface area contributed by atoms with Gasteiger partial charge < -0.3 is 15.2 Å². The van der Waals surface area contributed by atoms with E-state index in [0.717, 1.165) is 27.7 Å². The molecule has 0 bridgehead atoms. The number of nitrogens with one attached hydrogen (secondary N) is 2. The number of para-hydroxylation sites is 2. The van der Waals surface area contributed by atoms with Gasteiger partial charge in [-0.2, -0.15) is 0 Å². The highest BCUT2D eigenvalue weighted by molar-refractivity contribution is 5.98. The van der Waals surface area contributed by atoms with E-state index in [4.69, 9.17) is 0 Å². The molecule has 0 aliphatic heterocycles. The standard InChI is InChI=1S/C26H26N4O3/c1-17-7-6-9-21(25(17)30(32)33)26(31)28-15-22(18-11-13-19(14-12-18)29(2)3)23-16-27-24-10-5-4-8-20(23)24/h4-14,16,22,27H,15H2,1-3H3,(H,28,31). The molecule has 168 valence electrons. The fourth-order valence-electron chi connectivity index (χ4n) is 4.17. The predicted octanol–water partition coefficient (Wildman–Crippen LogP) is 5.01. The molecule has 0 aliphatic rings. The average molecular weight is 443 g/mol. The summed E-state index contributed by atoms with van der Waals surface area (Å²) in [6.07, 6.45) is 1.97. The summed E-state index contributed by atoms with van der Waals surface area (Å²) in [5, 5.41) is 15.6. The zero-order valence-electron chi connectivity index (χ0n) is 18.8. The molecule has 4 rings (SSSR count). The molecule has 0 radical (unpaired) electrons. The number of amides is 1. The number of aryl methyl sites for hydroxylation is 1. The van der Waals surface area contributed by atoms with Crippen LogP contribution in [0.5, 0.6) is 0 Å². The van der Waals surface area contributed by atoms with E-state index in [2.05, 4.69) is 28.5 Å². The van der Waals surface area contributed by atoms with Gasteiger partial charge in [-0.25, -0.2) is 0 Å². The van der Waals surface area contributed by atoms with Gasteiger partial charge >= 0.3 is 0 Å². The molecular weight excluding hydrogens is 416 g/mol. The number of hydrogen-bond donors (Lipinski definition) is 2. The van der Waals surface area contributed by atoms with Gasteiger partial charge in [0.15, 0.2) is 0 Å². The fourth-order valence-corrected chi connectivity index (χ4v) is 4.17. The quantitative estimate of drug-likeness (QED) is 0.311. The van der Waals surface area contributed by atoms with Gasteiger partial charge in [0.1, 0.15) is 5.56 Å². The highest BCUT2D eigenvalue weighted by atomic mass is 16.6. The summed E-state index contributed by atoms with van der Waals surface area (Å²) in [5.74, 6) is -0.592. The Hall–Kier alpha value is -4.13. The zero-order valence-corrected chi connectivity index (χ0v) is 18.8. The highest BCUT2D eigenvalue weighted by Crippen LogP contribution is 2.32. The number of benzene rings is 3. The van der Waals surface area contributed by atoms with Crippen LogP contribution in [0.1, 0.15) is 33.0 Å². The molecule has 7 nitrogen and oxygen atoms in total. The van der Waals surface area contributed by atoms with Crippen LogP contribution in [0.15, 0.2) is 72.9 Å². The number of aromatic amines is 1. The van der Waals surface area contributed by atoms with E-state index < -0.39 is 10.8 Å². The lowest BCUT2D eigenvalue weighted by Gasteiger charge is -2.20. The van der Waals surface area contributed by atoms with E-state index in [1.807, 2.05) is 55.5 Å². The monoisotopic (exact) mass is 442 g/mol. The van der Waals surface area contributed by atoms with E-state index in [-0.39, 0.29) is 17.2 Å². The van der Waals surface area contributed by atoms with Gasteiger partial charge in [0.25, 0.3) is 11.6 Å². The summed E-state index contributed by atoms with van der Waals surface area (Å²) in [6, 6.07) is 21.0. The maximum absolute atomic E-state index is 13.0. The zero-order chi connectivity index (χ0) is 23.5. The number of aromatic nitrogens is 1. The third kappa shape index (κ3) is 4.43. The summed E-state index contributed by atoms with van der Waals surface area (Å²) >= 11 is 0. The molecule has 1 aromatic heterocycles. The molecular formula is C26H26N4O3. The molecule has 0 spiro atoms. The van der Waals surface area contributed by atoms with Crippen molar-refractivity contribution in [3.05, 3.63) is 105 Å². The number of nitro benzene ring substituents is 1. The SMILES string of the molecule is Cc1cccc(C(=O)NCC(c2ccc(N(C)C)cc2)c2c[nH]c3ccccc23)c1[N+](=O)[O-]. The van der Waals surface area contributed by atoms with Crippen LogP contribution in [-0.2, 0) is 0 Å². The first kappa shape index (κ1) is 22.1. The molecule has 0 saturated carbocycles. The molecule has 1 heterocycles. The van der Waals surface area contributed by atoms with Gasteiger partial charge in [-0.05, 0) is 42.3 Å². The van der Waals surface area contributed by atoms with Crippen LogP contribution in [0.3, 0.4) is 0 Å². The number of hydrogen-bond acceptors (Lipinski definition) is 4. The van der Waals surface area contributed by atoms with Gasteiger partial charge in [-0.1, -0.05) is 42.5 Å². The van der Waals surface area contributed by atoms with E-state index in [1.54, 1.807) is 19.1 Å². The Bertz CT molecular complexity index is 1310. The highest BCUT2D eigenvalue weighted by Gasteiger charge is 2.24. The normalized spacial score (nSPS) is 11.8. The maximum Gasteiger partial charge on any atom is 0.285 e. The molecule has 0 fully saturated rings. The van der Waals surface area contributed by atoms with E-state index in [9.17, 15) is 14.9 Å². The van der Waals surface area contributed by atoms with Gasteiger partial charge in [0.05, 0.1) is 4.92 Å². The minimum Gasteiger partial charge on any atom is -0.378 e. The number of H-pyrrole nitrogens is 1. The molecule has 33 heavy (non-hydrogen) atoms. The van der Waals surface area contributed by atoms with Crippen molar-refractivity contribution in [2.24, 2.45) is 0 Å². The van der Waals surface area contributed by atoms with Crippen molar-refractivity contribution in [2.45, 2.75) is 12.8 Å². The smallest absolute Gasteiger partial charge is 0.285 e. The van der Waals surface area contributed by atoms with Gasteiger partial charge in [-0.3, -0.25) is 14.9 Å². The van der Waals surface area contributed by atoms with Crippen LogP contribution in [0.4, 0.5) is 11.4 Å². The first-order valence-corrected chi connectivity index (χ1v) is 10.7. The molecule has 0 saturated heterocycles. The van der Waals surface area contributed by atoms with Crippen molar-refractivity contribution in [1.29, 1.82) is 0 Å². The Morgan fingerprint density at radius 2 is 1.79 bits per heavy atom.